The highest BCUT2D eigenvalue weighted by molar-refractivity contribution is 9.11. The van der Waals surface area contributed by atoms with Crippen LogP contribution in [0.1, 0.15) is 17.5 Å². The van der Waals surface area contributed by atoms with Crippen molar-refractivity contribution in [3.63, 3.8) is 0 Å². The van der Waals surface area contributed by atoms with E-state index in [0.717, 1.165) is 36.0 Å². The van der Waals surface area contributed by atoms with Gasteiger partial charge in [0.15, 0.2) is 0 Å². The van der Waals surface area contributed by atoms with Crippen LogP contribution in [0.5, 0.6) is 5.75 Å². The SMILES string of the molecule is O=C1[C@@H]2[C@H]3C=C[C@@H]([C@@H]4C[C@@H]34)[C@H]2C(=O)N1/N=C\c1cc(Br)c(OCc2ccc(Br)cc2)c(Br)c1. The fourth-order valence-electron chi connectivity index (χ4n) is 5.71. The number of carbonyl (C=O) groups excluding carboxylic acids is 2. The van der Waals surface area contributed by atoms with Crippen LogP contribution >= 0.6 is 47.8 Å². The van der Waals surface area contributed by atoms with Gasteiger partial charge in [0.1, 0.15) is 12.4 Å². The lowest BCUT2D eigenvalue weighted by atomic mass is 9.63. The molecule has 33 heavy (non-hydrogen) atoms. The third-order valence-electron chi connectivity index (χ3n) is 7.28. The molecule has 1 saturated heterocycles. The van der Waals surface area contributed by atoms with Gasteiger partial charge in [0.05, 0.1) is 27.0 Å². The van der Waals surface area contributed by atoms with Crippen molar-refractivity contribution >= 4 is 65.8 Å². The summed E-state index contributed by atoms with van der Waals surface area (Å²) in [4.78, 5) is 26.1. The fraction of sp³-hybridized carbons (Fsp3) is 0.320. The summed E-state index contributed by atoms with van der Waals surface area (Å²) in [7, 11) is 0. The number of imide groups is 1. The number of hydrogen-bond acceptors (Lipinski definition) is 4. The number of ether oxygens (including phenoxy) is 1. The average molecular weight is 635 g/mol. The topological polar surface area (TPSA) is 59.0 Å². The van der Waals surface area contributed by atoms with E-state index in [1.54, 1.807) is 6.21 Å². The number of benzene rings is 2. The van der Waals surface area contributed by atoms with E-state index >= 15 is 0 Å². The summed E-state index contributed by atoms with van der Waals surface area (Å²) in [6, 6.07) is 11.7. The van der Waals surface area contributed by atoms with Gasteiger partial charge in [0.25, 0.3) is 11.8 Å². The van der Waals surface area contributed by atoms with Gasteiger partial charge in [-0.05, 0) is 97.3 Å². The molecule has 2 bridgehead atoms. The second-order valence-corrected chi connectivity index (χ2v) is 11.7. The molecule has 3 fully saturated rings. The normalized spacial score (nSPS) is 31.3. The van der Waals surface area contributed by atoms with Crippen LogP contribution in [0.25, 0.3) is 0 Å². The van der Waals surface area contributed by atoms with E-state index in [4.69, 9.17) is 4.74 Å². The molecule has 2 amide bonds. The molecule has 2 aromatic rings. The lowest BCUT2D eigenvalue weighted by molar-refractivity contribution is -0.140. The third kappa shape index (κ3) is 3.65. The van der Waals surface area contributed by atoms with Gasteiger partial charge < -0.3 is 4.74 Å². The minimum atomic E-state index is -0.235. The Balaban J connectivity index is 1.18. The zero-order chi connectivity index (χ0) is 22.9. The Kier molecular flexibility index (Phi) is 5.38. The van der Waals surface area contributed by atoms with Crippen LogP contribution in [-0.4, -0.2) is 23.0 Å². The zero-order valence-corrected chi connectivity index (χ0v) is 22.1. The molecule has 0 aromatic heterocycles. The van der Waals surface area contributed by atoms with Crippen molar-refractivity contribution < 1.29 is 14.3 Å². The van der Waals surface area contributed by atoms with E-state index in [1.165, 1.54) is 0 Å². The molecule has 4 aliphatic carbocycles. The van der Waals surface area contributed by atoms with Gasteiger partial charge >= 0.3 is 0 Å². The monoisotopic (exact) mass is 632 g/mol. The van der Waals surface area contributed by atoms with Crippen molar-refractivity contribution in [2.45, 2.75) is 13.0 Å². The molecular formula is C25H19Br3N2O3. The molecular weight excluding hydrogens is 616 g/mol. The van der Waals surface area contributed by atoms with Gasteiger partial charge in [-0.15, -0.1) is 0 Å². The highest BCUT2D eigenvalue weighted by Crippen LogP contribution is 2.65. The smallest absolute Gasteiger partial charge is 0.254 e. The van der Waals surface area contributed by atoms with Crippen molar-refractivity contribution in [2.75, 3.05) is 0 Å². The largest absolute Gasteiger partial charge is 0.487 e. The first-order valence-corrected chi connectivity index (χ1v) is 13.3. The van der Waals surface area contributed by atoms with Gasteiger partial charge in [-0.3, -0.25) is 9.59 Å². The predicted molar refractivity (Wildman–Crippen MR) is 134 cm³/mol. The Hall–Kier alpha value is -1.77. The maximum atomic E-state index is 13.1. The molecule has 5 nitrogen and oxygen atoms in total. The van der Waals surface area contributed by atoms with Crippen LogP contribution in [0.4, 0.5) is 0 Å². The molecule has 1 aliphatic heterocycles. The van der Waals surface area contributed by atoms with Gasteiger partial charge in [-0.2, -0.15) is 10.1 Å². The summed E-state index contributed by atoms with van der Waals surface area (Å²) in [6.07, 6.45) is 7.05. The fourth-order valence-corrected chi connectivity index (χ4v) is 7.42. The number of hydrogen-bond donors (Lipinski definition) is 0. The number of halogens is 3. The maximum absolute atomic E-state index is 13.1. The van der Waals surface area contributed by atoms with Gasteiger partial charge in [-0.25, -0.2) is 0 Å². The molecule has 8 heteroatoms. The summed E-state index contributed by atoms with van der Waals surface area (Å²) in [6.45, 7) is 0.426. The van der Waals surface area contributed by atoms with E-state index in [1.807, 2.05) is 36.4 Å². The molecule has 2 saturated carbocycles. The zero-order valence-electron chi connectivity index (χ0n) is 17.3. The van der Waals surface area contributed by atoms with Crippen molar-refractivity contribution in [2.24, 2.45) is 40.6 Å². The number of allylic oxidation sites excluding steroid dienone is 2. The number of hydrazone groups is 1. The first-order valence-electron chi connectivity index (χ1n) is 10.9. The van der Waals surface area contributed by atoms with Crippen LogP contribution in [0, 0.1) is 35.5 Å². The van der Waals surface area contributed by atoms with Crippen molar-refractivity contribution in [3.8, 4) is 5.75 Å². The summed E-state index contributed by atoms with van der Waals surface area (Å²) < 4.78 is 8.52. The molecule has 0 radical (unpaired) electrons. The van der Waals surface area contributed by atoms with Crippen molar-refractivity contribution in [3.05, 3.63) is 73.1 Å². The molecule has 6 atom stereocenters. The van der Waals surface area contributed by atoms with E-state index in [-0.39, 0.29) is 35.5 Å². The summed E-state index contributed by atoms with van der Waals surface area (Å²) in [5, 5.41) is 5.43. The van der Waals surface area contributed by atoms with Gasteiger partial charge in [-0.1, -0.05) is 40.2 Å². The van der Waals surface area contributed by atoms with Crippen LogP contribution in [0.2, 0.25) is 0 Å². The summed E-state index contributed by atoms with van der Waals surface area (Å²) in [5.41, 5.74) is 1.81. The number of nitrogens with zero attached hydrogens (tertiary/aromatic N) is 2. The van der Waals surface area contributed by atoms with Crippen molar-refractivity contribution in [1.82, 2.24) is 5.01 Å². The molecule has 0 N–H and O–H groups in total. The Labute approximate surface area is 216 Å². The molecule has 7 rings (SSSR count). The van der Waals surface area contributed by atoms with E-state index in [9.17, 15) is 9.59 Å². The van der Waals surface area contributed by atoms with E-state index in [2.05, 4.69) is 65.0 Å². The standard InChI is InChI=1S/C25H19Br3N2O3/c26-14-3-1-12(2-4-14)11-33-23-19(27)7-13(8-20(23)28)10-29-30-24(31)21-15-5-6-16(18-9-17(15)18)22(21)25(30)32/h1-8,10,15-18,21-22H,9,11H2/b29-10-/t15-,16-,17-,18-,21+,22+/m0/s1. The Morgan fingerprint density at radius 3 is 2.09 bits per heavy atom. The first kappa shape index (κ1) is 21.7. The number of rotatable bonds is 5. The Morgan fingerprint density at radius 2 is 1.52 bits per heavy atom. The second kappa shape index (κ2) is 8.17. The molecule has 0 spiro atoms. The molecule has 5 aliphatic rings. The van der Waals surface area contributed by atoms with Crippen LogP contribution < -0.4 is 4.74 Å². The lowest BCUT2D eigenvalue weighted by Crippen LogP contribution is -2.40. The Morgan fingerprint density at radius 1 is 0.939 bits per heavy atom. The molecule has 168 valence electrons. The van der Waals surface area contributed by atoms with Gasteiger partial charge in [0.2, 0.25) is 0 Å². The quantitative estimate of drug-likeness (QED) is 0.232. The second-order valence-electron chi connectivity index (χ2n) is 9.12. The van der Waals surface area contributed by atoms with E-state index < -0.39 is 0 Å². The number of carbonyl (C=O) groups is 2. The van der Waals surface area contributed by atoms with Crippen LogP contribution in [0.15, 0.2) is 67.1 Å². The van der Waals surface area contributed by atoms with E-state index in [0.29, 0.717) is 24.2 Å². The lowest BCUT2D eigenvalue weighted by Gasteiger charge is -2.37. The van der Waals surface area contributed by atoms with Crippen molar-refractivity contribution in [1.29, 1.82) is 0 Å². The van der Waals surface area contributed by atoms with Crippen LogP contribution in [-0.2, 0) is 16.2 Å². The molecule has 0 unspecified atom stereocenters. The maximum Gasteiger partial charge on any atom is 0.254 e. The minimum absolute atomic E-state index is 0.154. The summed E-state index contributed by atoms with van der Waals surface area (Å²) >= 11 is 10.6. The average Bonchev–Trinajstić information content (AvgIpc) is 3.57. The summed E-state index contributed by atoms with van der Waals surface area (Å²) in [5.74, 6) is 1.47. The third-order valence-corrected chi connectivity index (χ3v) is 8.99. The molecule has 2 aromatic carbocycles. The highest BCUT2D eigenvalue weighted by atomic mass is 79.9. The molecule has 1 heterocycles. The highest BCUT2D eigenvalue weighted by Gasteiger charge is 2.67. The van der Waals surface area contributed by atoms with Gasteiger partial charge in [0, 0.05) is 4.47 Å². The number of amides is 2. The Bertz CT molecular complexity index is 1170. The minimum Gasteiger partial charge on any atom is -0.487 e. The van der Waals surface area contributed by atoms with Crippen LogP contribution in [0.3, 0.4) is 0 Å². The first-order chi connectivity index (χ1) is 15.9. The predicted octanol–water partition coefficient (Wildman–Crippen LogP) is 5.94.